The lowest BCUT2D eigenvalue weighted by Crippen LogP contribution is -2.44. The molecule has 4 amide bonds. The second kappa shape index (κ2) is 8.01. The number of urea groups is 1. The van der Waals surface area contributed by atoms with Crippen LogP contribution >= 0.6 is 0 Å². The highest BCUT2D eigenvalue weighted by Gasteiger charge is 2.52. The number of fused-ring (bicyclic) bond motifs is 1. The number of rotatable bonds is 6. The van der Waals surface area contributed by atoms with Crippen molar-refractivity contribution >= 4 is 28.7 Å². The van der Waals surface area contributed by atoms with E-state index in [0.717, 1.165) is 29.4 Å². The van der Waals surface area contributed by atoms with E-state index in [1.54, 1.807) is 11.9 Å². The average molecular weight is 409 g/mol. The van der Waals surface area contributed by atoms with Crippen LogP contribution in [-0.4, -0.2) is 56.7 Å². The maximum absolute atomic E-state index is 12.7. The minimum Gasteiger partial charge on any atom is -0.338 e. The number of aromatic nitrogens is 2. The molecule has 1 aromatic carbocycles. The predicted octanol–water partition coefficient (Wildman–Crippen LogP) is 2.54. The number of hydrogen-bond donors (Lipinski definition) is 1. The van der Waals surface area contributed by atoms with E-state index in [2.05, 4.69) is 15.3 Å². The van der Waals surface area contributed by atoms with Crippen LogP contribution in [0.5, 0.6) is 0 Å². The molecule has 1 saturated heterocycles. The number of nitrogens with one attached hydrogen (secondary N) is 1. The minimum atomic E-state index is -0.691. The van der Waals surface area contributed by atoms with E-state index in [9.17, 15) is 14.4 Å². The summed E-state index contributed by atoms with van der Waals surface area (Å²) in [5.74, 6) is 0.400. The van der Waals surface area contributed by atoms with Crippen LogP contribution in [-0.2, 0) is 16.1 Å². The van der Waals surface area contributed by atoms with E-state index in [-0.39, 0.29) is 30.8 Å². The van der Waals surface area contributed by atoms with Crippen molar-refractivity contribution in [2.75, 3.05) is 13.6 Å². The summed E-state index contributed by atoms with van der Waals surface area (Å²) in [4.78, 5) is 49.4. The molecule has 1 N–H and O–H groups in total. The maximum atomic E-state index is 12.7. The van der Waals surface area contributed by atoms with E-state index in [4.69, 9.17) is 0 Å². The van der Waals surface area contributed by atoms with Crippen molar-refractivity contribution in [3.8, 4) is 0 Å². The molecular formula is C22H27N5O3. The number of aryl methyl sites for hydroxylation is 1. The van der Waals surface area contributed by atoms with Gasteiger partial charge >= 0.3 is 6.03 Å². The number of carbonyl (C=O) groups is 3. The van der Waals surface area contributed by atoms with Crippen LogP contribution in [0.2, 0.25) is 0 Å². The molecular weight excluding hydrogens is 382 g/mol. The van der Waals surface area contributed by atoms with E-state index in [0.29, 0.717) is 31.6 Å². The Morgan fingerprint density at radius 2 is 1.93 bits per heavy atom. The van der Waals surface area contributed by atoms with Crippen molar-refractivity contribution in [2.24, 2.45) is 0 Å². The highest BCUT2D eigenvalue weighted by Crippen LogP contribution is 2.35. The van der Waals surface area contributed by atoms with Gasteiger partial charge in [0.2, 0.25) is 5.91 Å². The number of hydrogen-bond acceptors (Lipinski definition) is 5. The number of nitrogens with zero attached hydrogens (tertiary/aromatic N) is 4. The SMILES string of the molecule is Cc1nc(CN(C)C(=O)CCCN2C(=O)NC3(CCCC3)C2=O)nc2ccccc12. The Bertz CT molecular complexity index is 999. The molecule has 1 aliphatic carbocycles. The van der Waals surface area contributed by atoms with Crippen molar-refractivity contribution in [2.45, 2.75) is 57.5 Å². The van der Waals surface area contributed by atoms with Gasteiger partial charge in [-0.05, 0) is 32.3 Å². The summed E-state index contributed by atoms with van der Waals surface area (Å²) >= 11 is 0. The smallest absolute Gasteiger partial charge is 0.325 e. The fourth-order valence-corrected chi connectivity index (χ4v) is 4.44. The summed E-state index contributed by atoms with van der Waals surface area (Å²) in [6.07, 6.45) is 4.03. The molecule has 158 valence electrons. The summed E-state index contributed by atoms with van der Waals surface area (Å²) in [5, 5.41) is 3.87. The van der Waals surface area contributed by atoms with Crippen LogP contribution in [0, 0.1) is 6.92 Å². The average Bonchev–Trinajstić information content (AvgIpc) is 3.28. The van der Waals surface area contributed by atoms with Crippen molar-refractivity contribution in [1.82, 2.24) is 25.1 Å². The molecule has 0 unspecified atom stereocenters. The monoisotopic (exact) mass is 409 g/mol. The van der Waals surface area contributed by atoms with E-state index in [1.165, 1.54) is 4.90 Å². The maximum Gasteiger partial charge on any atom is 0.325 e. The number of amides is 4. The Hall–Kier alpha value is -3.03. The highest BCUT2D eigenvalue weighted by molar-refractivity contribution is 6.07. The molecule has 8 nitrogen and oxygen atoms in total. The van der Waals surface area contributed by atoms with Crippen molar-refractivity contribution in [1.29, 1.82) is 0 Å². The Balaban J connectivity index is 1.31. The second-order valence-corrected chi connectivity index (χ2v) is 8.27. The Morgan fingerprint density at radius 3 is 2.70 bits per heavy atom. The molecule has 2 aliphatic rings. The van der Waals surface area contributed by atoms with Gasteiger partial charge in [-0.15, -0.1) is 0 Å². The minimum absolute atomic E-state index is 0.0629. The highest BCUT2D eigenvalue weighted by atomic mass is 16.2. The van der Waals surface area contributed by atoms with E-state index >= 15 is 0 Å². The largest absolute Gasteiger partial charge is 0.338 e. The topological polar surface area (TPSA) is 95.5 Å². The standard InChI is InChI=1S/C22H27N5O3/c1-15-16-8-3-4-9-17(16)24-18(23-15)14-26(2)19(28)10-7-13-27-20(29)22(25-21(27)30)11-5-6-12-22/h3-4,8-9H,5-7,10-14H2,1-2H3,(H,25,30). The Kier molecular flexibility index (Phi) is 5.40. The van der Waals surface area contributed by atoms with E-state index in [1.807, 2.05) is 31.2 Å². The van der Waals surface area contributed by atoms with Gasteiger partial charge in [-0.2, -0.15) is 0 Å². The van der Waals surface area contributed by atoms with Crippen molar-refractivity contribution in [3.05, 3.63) is 35.8 Å². The van der Waals surface area contributed by atoms with Crippen LogP contribution in [0.1, 0.15) is 50.0 Å². The number of benzene rings is 1. The molecule has 8 heteroatoms. The molecule has 1 spiro atoms. The Morgan fingerprint density at radius 1 is 1.20 bits per heavy atom. The van der Waals surface area contributed by atoms with Gasteiger partial charge in [-0.1, -0.05) is 31.0 Å². The lowest BCUT2D eigenvalue weighted by Gasteiger charge is -2.20. The molecule has 0 radical (unpaired) electrons. The lowest BCUT2D eigenvalue weighted by atomic mass is 9.98. The lowest BCUT2D eigenvalue weighted by molar-refractivity contribution is -0.133. The molecule has 2 aromatic rings. The van der Waals surface area contributed by atoms with Crippen molar-refractivity contribution < 1.29 is 14.4 Å². The molecule has 0 atom stereocenters. The molecule has 1 aliphatic heterocycles. The van der Waals surface area contributed by atoms with Crippen LogP contribution < -0.4 is 5.32 Å². The van der Waals surface area contributed by atoms with Crippen LogP contribution in [0.3, 0.4) is 0 Å². The van der Waals surface area contributed by atoms with Gasteiger partial charge in [0.1, 0.15) is 11.4 Å². The third-order valence-corrected chi connectivity index (χ3v) is 6.12. The van der Waals surface area contributed by atoms with Crippen molar-refractivity contribution in [3.63, 3.8) is 0 Å². The summed E-state index contributed by atoms with van der Waals surface area (Å²) in [5.41, 5.74) is 1.06. The molecule has 2 heterocycles. The fraction of sp³-hybridized carbons (Fsp3) is 0.500. The molecule has 2 fully saturated rings. The summed E-state index contributed by atoms with van der Waals surface area (Å²) in [7, 11) is 1.72. The number of imide groups is 1. The van der Waals surface area contributed by atoms with Crippen LogP contribution in [0.25, 0.3) is 10.9 Å². The van der Waals surface area contributed by atoms with E-state index < -0.39 is 5.54 Å². The molecule has 0 bridgehead atoms. The molecule has 1 aromatic heterocycles. The zero-order chi connectivity index (χ0) is 21.3. The zero-order valence-electron chi connectivity index (χ0n) is 17.5. The molecule has 30 heavy (non-hydrogen) atoms. The fourth-order valence-electron chi connectivity index (χ4n) is 4.44. The normalized spacial score (nSPS) is 17.7. The number of carbonyl (C=O) groups excluding carboxylic acids is 3. The van der Waals surface area contributed by atoms with Gasteiger partial charge in [0.15, 0.2) is 0 Å². The first-order valence-corrected chi connectivity index (χ1v) is 10.5. The van der Waals surface area contributed by atoms with Crippen LogP contribution in [0.4, 0.5) is 4.79 Å². The second-order valence-electron chi connectivity index (χ2n) is 8.27. The number of para-hydroxylation sites is 1. The molecule has 4 rings (SSSR count). The van der Waals surface area contributed by atoms with Gasteiger partial charge in [-0.3, -0.25) is 14.5 Å². The summed E-state index contributed by atoms with van der Waals surface area (Å²) in [6, 6.07) is 7.47. The van der Waals surface area contributed by atoms with Gasteiger partial charge in [-0.25, -0.2) is 14.8 Å². The van der Waals surface area contributed by atoms with Gasteiger partial charge < -0.3 is 10.2 Å². The first-order valence-electron chi connectivity index (χ1n) is 10.5. The first-order chi connectivity index (χ1) is 14.4. The first kappa shape index (κ1) is 20.3. The predicted molar refractivity (Wildman–Crippen MR) is 111 cm³/mol. The van der Waals surface area contributed by atoms with Gasteiger partial charge in [0.05, 0.1) is 12.1 Å². The van der Waals surface area contributed by atoms with Gasteiger partial charge in [0, 0.05) is 31.1 Å². The Labute approximate surface area is 175 Å². The third-order valence-electron chi connectivity index (χ3n) is 6.12. The zero-order valence-corrected chi connectivity index (χ0v) is 17.5. The van der Waals surface area contributed by atoms with Crippen LogP contribution in [0.15, 0.2) is 24.3 Å². The summed E-state index contributed by atoms with van der Waals surface area (Å²) in [6.45, 7) is 2.51. The van der Waals surface area contributed by atoms with Gasteiger partial charge in [0.25, 0.3) is 5.91 Å². The summed E-state index contributed by atoms with van der Waals surface area (Å²) < 4.78 is 0. The third kappa shape index (κ3) is 3.74. The quantitative estimate of drug-likeness (QED) is 0.740. The molecule has 1 saturated carbocycles.